The Labute approximate surface area is 116 Å². The molecule has 0 heterocycles. The summed E-state index contributed by atoms with van der Waals surface area (Å²) in [5.74, 6) is 0.521. The van der Waals surface area contributed by atoms with E-state index in [1.165, 1.54) is 5.56 Å². The van der Waals surface area contributed by atoms with E-state index in [1.807, 2.05) is 6.92 Å². The Morgan fingerprint density at radius 3 is 2.16 bits per heavy atom. The summed E-state index contributed by atoms with van der Waals surface area (Å²) < 4.78 is 0. The Morgan fingerprint density at radius 1 is 1.21 bits per heavy atom. The zero-order chi connectivity index (χ0) is 14.6. The number of nitrogens with one attached hydrogen (secondary N) is 1. The van der Waals surface area contributed by atoms with Crippen LogP contribution in [0.2, 0.25) is 0 Å². The Morgan fingerprint density at radius 2 is 1.74 bits per heavy atom. The number of nitrogens with two attached hydrogens (primary N) is 1. The first-order chi connectivity index (χ1) is 8.70. The second-order valence-electron chi connectivity index (χ2n) is 6.26. The molecule has 1 atom stereocenters. The van der Waals surface area contributed by atoms with Gasteiger partial charge in [0.25, 0.3) is 0 Å². The van der Waals surface area contributed by atoms with Crippen LogP contribution in [-0.4, -0.2) is 11.4 Å². The third kappa shape index (κ3) is 5.03. The summed E-state index contributed by atoms with van der Waals surface area (Å²) in [5.41, 5.74) is 7.36. The highest BCUT2D eigenvalue weighted by atomic mass is 16.2. The van der Waals surface area contributed by atoms with Crippen LogP contribution in [-0.2, 0) is 11.2 Å². The Bertz CT molecular complexity index is 415. The first kappa shape index (κ1) is 15.7. The van der Waals surface area contributed by atoms with Crippen LogP contribution in [0.15, 0.2) is 24.3 Å². The molecule has 0 bridgehead atoms. The molecule has 1 aromatic rings. The van der Waals surface area contributed by atoms with Gasteiger partial charge in [-0.25, -0.2) is 0 Å². The van der Waals surface area contributed by atoms with E-state index in [4.69, 9.17) is 5.73 Å². The van der Waals surface area contributed by atoms with E-state index in [-0.39, 0.29) is 11.9 Å². The lowest BCUT2D eigenvalue weighted by molar-refractivity contribution is -0.125. The molecule has 3 N–H and O–H groups in total. The maximum absolute atomic E-state index is 11.8. The quantitative estimate of drug-likeness (QED) is 0.857. The summed E-state index contributed by atoms with van der Waals surface area (Å²) in [6.45, 7) is 9.81. The fraction of sp³-hybridized carbons (Fsp3) is 0.562. The van der Waals surface area contributed by atoms with Crippen LogP contribution < -0.4 is 11.1 Å². The molecule has 0 radical (unpaired) electrons. The number of rotatable bonds is 5. The summed E-state index contributed by atoms with van der Waals surface area (Å²) in [6, 6.07) is 8.39. The van der Waals surface area contributed by atoms with Crippen molar-refractivity contribution in [3.63, 3.8) is 0 Å². The Hall–Kier alpha value is -1.35. The second kappa shape index (κ2) is 6.20. The largest absolute Gasteiger partial charge is 0.348 e. The van der Waals surface area contributed by atoms with Crippen LogP contribution in [0.3, 0.4) is 0 Å². The predicted octanol–water partition coefficient (Wildman–Crippen LogP) is 2.80. The van der Waals surface area contributed by atoms with E-state index in [2.05, 4.69) is 43.4 Å². The van der Waals surface area contributed by atoms with E-state index < -0.39 is 5.54 Å². The van der Waals surface area contributed by atoms with E-state index >= 15 is 0 Å². The van der Waals surface area contributed by atoms with Crippen molar-refractivity contribution in [2.45, 2.75) is 52.6 Å². The summed E-state index contributed by atoms with van der Waals surface area (Å²) in [5, 5.41) is 2.93. The Balaban J connectivity index is 2.68. The zero-order valence-electron chi connectivity index (χ0n) is 12.7. The predicted molar refractivity (Wildman–Crippen MR) is 79.8 cm³/mol. The van der Waals surface area contributed by atoms with Gasteiger partial charge >= 0.3 is 0 Å². The van der Waals surface area contributed by atoms with Gasteiger partial charge in [0.05, 0.1) is 11.6 Å². The minimum Gasteiger partial charge on any atom is -0.348 e. The number of hydrogen-bond donors (Lipinski definition) is 2. The van der Waals surface area contributed by atoms with Crippen molar-refractivity contribution in [2.75, 3.05) is 0 Å². The number of carbonyl (C=O) groups excluding carboxylic acids is 1. The first-order valence-electron chi connectivity index (χ1n) is 6.89. The van der Waals surface area contributed by atoms with E-state index in [0.29, 0.717) is 5.92 Å². The van der Waals surface area contributed by atoms with Gasteiger partial charge in [-0.15, -0.1) is 0 Å². The van der Waals surface area contributed by atoms with Gasteiger partial charge in [-0.2, -0.15) is 0 Å². The maximum atomic E-state index is 11.8. The average molecular weight is 262 g/mol. The van der Waals surface area contributed by atoms with Crippen LogP contribution in [0.25, 0.3) is 0 Å². The molecule has 0 aliphatic heterocycles. The molecule has 0 saturated carbocycles. The molecule has 0 aromatic heterocycles. The molecular formula is C16H26N2O. The third-order valence-corrected chi connectivity index (χ3v) is 3.06. The molecule has 0 aliphatic rings. The normalized spacial score (nSPS) is 13.4. The van der Waals surface area contributed by atoms with Crippen LogP contribution in [0.1, 0.15) is 51.8 Å². The highest BCUT2D eigenvalue weighted by Crippen LogP contribution is 2.16. The van der Waals surface area contributed by atoms with E-state index in [1.54, 1.807) is 13.8 Å². The molecule has 1 rings (SSSR count). The molecule has 0 saturated heterocycles. The lowest BCUT2D eigenvalue weighted by atomic mass is 9.99. The summed E-state index contributed by atoms with van der Waals surface area (Å²) >= 11 is 0. The number of carbonyl (C=O) groups is 1. The highest BCUT2D eigenvalue weighted by Gasteiger charge is 2.23. The zero-order valence-corrected chi connectivity index (χ0v) is 12.7. The topological polar surface area (TPSA) is 55.1 Å². The van der Waals surface area contributed by atoms with Crippen molar-refractivity contribution < 1.29 is 4.79 Å². The monoisotopic (exact) mass is 262 g/mol. The molecule has 0 spiro atoms. The molecular weight excluding hydrogens is 236 g/mol. The first-order valence-corrected chi connectivity index (χ1v) is 6.89. The molecule has 0 fully saturated rings. The average Bonchev–Trinajstić information content (AvgIpc) is 2.27. The second-order valence-corrected chi connectivity index (χ2v) is 6.26. The van der Waals surface area contributed by atoms with Gasteiger partial charge in [0.1, 0.15) is 0 Å². The van der Waals surface area contributed by atoms with Crippen molar-refractivity contribution in [1.82, 2.24) is 5.32 Å². The SMILES string of the molecule is CC(C)Cc1ccc(C(C)NC(=O)C(C)(C)N)cc1. The van der Waals surface area contributed by atoms with Crippen molar-refractivity contribution in [2.24, 2.45) is 11.7 Å². The third-order valence-electron chi connectivity index (χ3n) is 3.06. The van der Waals surface area contributed by atoms with Crippen LogP contribution >= 0.6 is 0 Å². The van der Waals surface area contributed by atoms with E-state index in [0.717, 1.165) is 12.0 Å². The number of benzene rings is 1. The standard InChI is InChI=1S/C16H26N2O/c1-11(2)10-13-6-8-14(9-7-13)12(3)18-15(19)16(4,5)17/h6-9,11-12H,10,17H2,1-5H3,(H,18,19). The fourth-order valence-electron chi connectivity index (χ4n) is 1.88. The molecule has 1 amide bonds. The van der Waals surface area contributed by atoms with Crippen LogP contribution in [0.4, 0.5) is 0 Å². The summed E-state index contributed by atoms with van der Waals surface area (Å²) in [4.78, 5) is 11.8. The molecule has 0 aliphatic carbocycles. The smallest absolute Gasteiger partial charge is 0.239 e. The highest BCUT2D eigenvalue weighted by molar-refractivity contribution is 5.85. The number of hydrogen-bond acceptors (Lipinski definition) is 2. The lowest BCUT2D eigenvalue weighted by Crippen LogP contribution is -2.49. The molecule has 1 unspecified atom stereocenters. The van der Waals surface area contributed by atoms with Gasteiger partial charge in [0, 0.05) is 0 Å². The molecule has 106 valence electrons. The fourth-order valence-corrected chi connectivity index (χ4v) is 1.88. The van der Waals surface area contributed by atoms with Gasteiger partial charge in [-0.1, -0.05) is 38.1 Å². The van der Waals surface area contributed by atoms with Gasteiger partial charge in [-0.3, -0.25) is 4.79 Å². The van der Waals surface area contributed by atoms with Gasteiger partial charge in [0.15, 0.2) is 0 Å². The summed E-state index contributed by atoms with van der Waals surface area (Å²) in [6.07, 6.45) is 1.08. The molecule has 1 aromatic carbocycles. The van der Waals surface area contributed by atoms with Crippen molar-refractivity contribution in [3.8, 4) is 0 Å². The van der Waals surface area contributed by atoms with Crippen LogP contribution in [0.5, 0.6) is 0 Å². The summed E-state index contributed by atoms with van der Waals surface area (Å²) in [7, 11) is 0. The van der Waals surface area contributed by atoms with E-state index in [9.17, 15) is 4.79 Å². The van der Waals surface area contributed by atoms with Crippen LogP contribution in [0, 0.1) is 5.92 Å². The number of amides is 1. The Kier molecular flexibility index (Phi) is 5.12. The minimum absolute atomic E-state index is 0.0246. The molecule has 19 heavy (non-hydrogen) atoms. The molecule has 3 nitrogen and oxygen atoms in total. The maximum Gasteiger partial charge on any atom is 0.239 e. The van der Waals surface area contributed by atoms with Gasteiger partial charge < -0.3 is 11.1 Å². The minimum atomic E-state index is -0.841. The van der Waals surface area contributed by atoms with Gasteiger partial charge in [0.2, 0.25) is 5.91 Å². The van der Waals surface area contributed by atoms with Crippen molar-refractivity contribution in [3.05, 3.63) is 35.4 Å². The molecule has 3 heteroatoms. The van der Waals surface area contributed by atoms with Gasteiger partial charge in [-0.05, 0) is 44.2 Å². The van der Waals surface area contributed by atoms with Crippen molar-refractivity contribution >= 4 is 5.91 Å². The van der Waals surface area contributed by atoms with Crippen molar-refractivity contribution in [1.29, 1.82) is 0 Å². The lowest BCUT2D eigenvalue weighted by Gasteiger charge is -2.22.